The van der Waals surface area contributed by atoms with Crippen molar-refractivity contribution < 1.29 is 9.47 Å². The molecule has 0 fully saturated rings. The van der Waals surface area contributed by atoms with E-state index in [1.165, 1.54) is 9.75 Å². The number of guanidine groups is 1. The maximum absolute atomic E-state index is 6.04. The lowest BCUT2D eigenvalue weighted by molar-refractivity contribution is 0.297. The van der Waals surface area contributed by atoms with Crippen molar-refractivity contribution in [2.75, 3.05) is 25.1 Å². The van der Waals surface area contributed by atoms with Gasteiger partial charge in [-0.2, -0.15) is 0 Å². The van der Waals surface area contributed by atoms with Crippen molar-refractivity contribution in [2.45, 2.75) is 19.8 Å². The predicted octanol–water partition coefficient (Wildman–Crippen LogP) is 4.93. The SMILES string of the molecule is Cc1nc(-c2ccc(CCN=C(N)Nc3ccc4c(c3)OCCCO4)s2)cs1.I. The highest BCUT2D eigenvalue weighted by molar-refractivity contribution is 14.0. The van der Waals surface area contributed by atoms with E-state index in [1.54, 1.807) is 22.7 Å². The molecule has 0 aliphatic carbocycles. The summed E-state index contributed by atoms with van der Waals surface area (Å²) >= 11 is 3.43. The molecule has 4 rings (SSSR count). The van der Waals surface area contributed by atoms with Crippen molar-refractivity contribution in [3.8, 4) is 22.1 Å². The Bertz CT molecular complexity index is 987. The second-order valence-electron chi connectivity index (χ2n) is 6.37. The quantitative estimate of drug-likeness (QED) is 0.272. The number of ether oxygens (including phenoxy) is 2. The van der Waals surface area contributed by atoms with Crippen LogP contribution in [0.1, 0.15) is 16.3 Å². The number of aryl methyl sites for hydroxylation is 1. The first-order valence-corrected chi connectivity index (χ1v) is 10.8. The number of benzene rings is 1. The fraction of sp³-hybridized carbons (Fsp3) is 0.300. The molecule has 1 aliphatic rings. The summed E-state index contributed by atoms with van der Waals surface area (Å²) in [6, 6.07) is 9.96. The molecule has 2 aromatic heterocycles. The third-order valence-electron chi connectivity index (χ3n) is 4.19. The highest BCUT2D eigenvalue weighted by Gasteiger charge is 2.11. The highest BCUT2D eigenvalue weighted by atomic mass is 127. The molecular formula is C20H23IN4O2S2. The Morgan fingerprint density at radius 3 is 2.83 bits per heavy atom. The number of hydrogen-bond donors (Lipinski definition) is 2. The largest absolute Gasteiger partial charge is 0.490 e. The normalized spacial score (nSPS) is 13.5. The molecule has 6 nitrogen and oxygen atoms in total. The lowest BCUT2D eigenvalue weighted by Crippen LogP contribution is -2.23. The number of nitrogens with one attached hydrogen (secondary N) is 1. The molecule has 9 heteroatoms. The number of halogens is 1. The molecule has 0 bridgehead atoms. The summed E-state index contributed by atoms with van der Waals surface area (Å²) in [5.41, 5.74) is 7.93. The Morgan fingerprint density at radius 1 is 1.21 bits per heavy atom. The van der Waals surface area contributed by atoms with Crippen molar-refractivity contribution in [1.29, 1.82) is 0 Å². The van der Waals surface area contributed by atoms with Gasteiger partial charge >= 0.3 is 0 Å². The Labute approximate surface area is 195 Å². The van der Waals surface area contributed by atoms with Crippen LogP contribution in [0.4, 0.5) is 5.69 Å². The zero-order valence-corrected chi connectivity index (χ0v) is 20.0. The average molecular weight is 542 g/mol. The van der Waals surface area contributed by atoms with Crippen LogP contribution in [0, 0.1) is 6.92 Å². The van der Waals surface area contributed by atoms with E-state index < -0.39 is 0 Å². The van der Waals surface area contributed by atoms with E-state index in [0.29, 0.717) is 25.7 Å². The number of hydrogen-bond acceptors (Lipinski definition) is 6. The maximum Gasteiger partial charge on any atom is 0.193 e. The van der Waals surface area contributed by atoms with Gasteiger partial charge in [-0.25, -0.2) is 4.98 Å². The smallest absolute Gasteiger partial charge is 0.193 e. The molecule has 0 unspecified atom stereocenters. The molecule has 3 N–H and O–H groups in total. The van der Waals surface area contributed by atoms with Gasteiger partial charge in [0.15, 0.2) is 17.5 Å². The van der Waals surface area contributed by atoms with Gasteiger partial charge in [0.1, 0.15) is 0 Å². The number of thiazole rings is 1. The second kappa shape index (κ2) is 10.3. The molecule has 29 heavy (non-hydrogen) atoms. The summed E-state index contributed by atoms with van der Waals surface area (Å²) in [5, 5.41) is 6.30. The van der Waals surface area contributed by atoms with Crippen LogP contribution in [0.2, 0.25) is 0 Å². The predicted molar refractivity (Wildman–Crippen MR) is 131 cm³/mol. The standard InChI is InChI=1S/C20H22N4O2S2.HI/c1-13-23-16(12-27-13)19-6-4-15(28-19)7-8-22-20(21)24-14-3-5-17-18(11-14)26-10-2-9-25-17;/h3-6,11-12H,2,7-10H2,1H3,(H3,21,22,24);1H. The lowest BCUT2D eigenvalue weighted by Gasteiger charge is -2.10. The summed E-state index contributed by atoms with van der Waals surface area (Å²) in [4.78, 5) is 11.4. The molecular weight excluding hydrogens is 519 g/mol. The fourth-order valence-corrected chi connectivity index (χ4v) is 4.49. The lowest BCUT2D eigenvalue weighted by atomic mass is 10.3. The van der Waals surface area contributed by atoms with Gasteiger partial charge in [-0.1, -0.05) is 0 Å². The number of anilines is 1. The van der Waals surface area contributed by atoms with Gasteiger partial charge in [0.2, 0.25) is 0 Å². The first-order chi connectivity index (χ1) is 13.7. The van der Waals surface area contributed by atoms with E-state index in [4.69, 9.17) is 15.2 Å². The van der Waals surface area contributed by atoms with Crippen LogP contribution in [-0.4, -0.2) is 30.7 Å². The van der Waals surface area contributed by atoms with Crippen molar-refractivity contribution in [3.63, 3.8) is 0 Å². The minimum atomic E-state index is 0. The number of aliphatic imine (C=N–C) groups is 1. The highest BCUT2D eigenvalue weighted by Crippen LogP contribution is 2.32. The molecule has 154 valence electrons. The van der Waals surface area contributed by atoms with E-state index >= 15 is 0 Å². The monoisotopic (exact) mass is 542 g/mol. The summed E-state index contributed by atoms with van der Waals surface area (Å²) in [6.07, 6.45) is 1.73. The van der Waals surface area contributed by atoms with Crippen molar-refractivity contribution in [1.82, 2.24) is 4.98 Å². The number of fused-ring (bicyclic) bond motifs is 1. The summed E-state index contributed by atoms with van der Waals surface area (Å²) in [6.45, 7) is 3.98. The third kappa shape index (κ3) is 5.83. The maximum atomic E-state index is 6.04. The fourth-order valence-electron chi connectivity index (χ4n) is 2.84. The average Bonchev–Trinajstić information content (AvgIpc) is 3.25. The van der Waals surface area contributed by atoms with Crippen LogP contribution in [0.25, 0.3) is 10.6 Å². The number of aromatic nitrogens is 1. The topological polar surface area (TPSA) is 81.8 Å². The minimum absolute atomic E-state index is 0. The Hall–Kier alpha value is -1.85. The molecule has 0 amide bonds. The molecule has 0 atom stereocenters. The van der Waals surface area contributed by atoms with Crippen LogP contribution in [0.5, 0.6) is 11.5 Å². The van der Waals surface area contributed by atoms with Gasteiger partial charge in [0.05, 0.1) is 28.8 Å². The first-order valence-electron chi connectivity index (χ1n) is 9.15. The summed E-state index contributed by atoms with van der Waals surface area (Å²) in [5.74, 6) is 1.89. The molecule has 3 aromatic rings. The van der Waals surface area contributed by atoms with Crippen LogP contribution < -0.4 is 20.5 Å². The minimum Gasteiger partial charge on any atom is -0.490 e. The van der Waals surface area contributed by atoms with E-state index in [-0.39, 0.29) is 24.0 Å². The van der Waals surface area contributed by atoms with Crippen molar-refractivity contribution in [2.24, 2.45) is 10.7 Å². The second-order valence-corrected chi connectivity index (χ2v) is 8.60. The molecule has 0 saturated heterocycles. The van der Waals surface area contributed by atoms with Crippen molar-refractivity contribution in [3.05, 3.63) is 45.6 Å². The number of thiophene rings is 1. The molecule has 0 radical (unpaired) electrons. The van der Waals surface area contributed by atoms with Gasteiger partial charge in [-0.3, -0.25) is 4.99 Å². The van der Waals surface area contributed by atoms with Gasteiger partial charge in [0.25, 0.3) is 0 Å². The van der Waals surface area contributed by atoms with Crippen LogP contribution in [0.3, 0.4) is 0 Å². The number of nitrogens with zero attached hydrogens (tertiary/aromatic N) is 2. The van der Waals surface area contributed by atoms with Crippen LogP contribution in [-0.2, 0) is 6.42 Å². The zero-order chi connectivity index (χ0) is 19.3. The molecule has 0 saturated carbocycles. The van der Waals surface area contributed by atoms with Crippen LogP contribution in [0.15, 0.2) is 40.7 Å². The number of nitrogens with two attached hydrogens (primary N) is 1. The van der Waals surface area contributed by atoms with E-state index in [1.807, 2.05) is 25.1 Å². The van der Waals surface area contributed by atoms with Crippen LogP contribution >= 0.6 is 46.7 Å². The van der Waals surface area contributed by atoms with E-state index in [0.717, 1.165) is 40.7 Å². The first kappa shape index (κ1) is 21.8. The van der Waals surface area contributed by atoms with Gasteiger partial charge in [0, 0.05) is 41.4 Å². The van der Waals surface area contributed by atoms with Crippen molar-refractivity contribution >= 4 is 58.3 Å². The summed E-state index contributed by atoms with van der Waals surface area (Å²) < 4.78 is 11.3. The zero-order valence-electron chi connectivity index (χ0n) is 16.0. The molecule has 0 spiro atoms. The van der Waals surface area contributed by atoms with Gasteiger partial charge in [-0.15, -0.1) is 46.7 Å². The molecule has 1 aliphatic heterocycles. The van der Waals surface area contributed by atoms with Gasteiger partial charge in [-0.05, 0) is 31.2 Å². The third-order valence-corrected chi connectivity index (χ3v) is 6.13. The van der Waals surface area contributed by atoms with Gasteiger partial charge < -0.3 is 20.5 Å². The van der Waals surface area contributed by atoms with E-state index in [9.17, 15) is 0 Å². The summed E-state index contributed by atoms with van der Waals surface area (Å²) in [7, 11) is 0. The van der Waals surface area contributed by atoms with E-state index in [2.05, 4.69) is 32.8 Å². The molecule has 1 aromatic carbocycles. The number of rotatable bonds is 5. The Kier molecular flexibility index (Phi) is 7.73. The Morgan fingerprint density at radius 2 is 2.03 bits per heavy atom. The molecule has 3 heterocycles. The Balaban J connectivity index is 0.00000240.